The van der Waals surface area contributed by atoms with Crippen LogP contribution in [-0.2, 0) is 0 Å². The van der Waals surface area contributed by atoms with Crippen LogP contribution in [-0.4, -0.2) is 11.2 Å². The molecule has 0 saturated heterocycles. The Balaban J connectivity index is 1.92. The molecule has 2 heteroatoms. The molecule has 0 heterocycles. The highest BCUT2D eigenvalue weighted by atomic mass is 16.5. The summed E-state index contributed by atoms with van der Waals surface area (Å²) in [5.74, 6) is 0.773. The van der Waals surface area contributed by atoms with Gasteiger partial charge in [0.2, 0.25) is 0 Å². The van der Waals surface area contributed by atoms with Gasteiger partial charge < -0.3 is 5.21 Å². The maximum absolute atomic E-state index is 8.43. The van der Waals surface area contributed by atoms with E-state index in [-0.39, 0.29) is 0 Å². The highest BCUT2D eigenvalue weighted by Gasteiger charge is 2.35. The molecule has 2 atom stereocenters. The second-order valence-corrected chi connectivity index (χ2v) is 2.87. The lowest BCUT2D eigenvalue weighted by molar-refractivity contribution is 0.154. The Kier molecular flexibility index (Phi) is 2.49. The van der Waals surface area contributed by atoms with Gasteiger partial charge in [0.05, 0.1) is 0 Å². The number of unbranched alkanes of at least 4 members (excludes halogenated alkanes) is 1. The molecule has 0 aromatic heterocycles. The maximum Gasteiger partial charge on any atom is 0.0351 e. The number of rotatable bonds is 4. The van der Waals surface area contributed by atoms with Crippen molar-refractivity contribution in [2.75, 3.05) is 0 Å². The van der Waals surface area contributed by atoms with Gasteiger partial charge in [0.25, 0.3) is 0 Å². The molecule has 0 spiro atoms. The number of nitrogens with one attached hydrogen (secondary N) is 1. The van der Waals surface area contributed by atoms with Crippen LogP contribution < -0.4 is 5.48 Å². The molecule has 9 heavy (non-hydrogen) atoms. The fourth-order valence-corrected chi connectivity index (χ4v) is 1.19. The fraction of sp³-hybridized carbons (Fsp3) is 1.00. The highest BCUT2D eigenvalue weighted by Crippen LogP contribution is 2.34. The minimum atomic E-state index is 0.427. The molecule has 0 amide bonds. The third kappa shape index (κ3) is 1.95. The molecule has 0 radical (unpaired) electrons. The Morgan fingerprint density at radius 3 is 2.89 bits per heavy atom. The van der Waals surface area contributed by atoms with E-state index in [9.17, 15) is 0 Å². The highest BCUT2D eigenvalue weighted by molar-refractivity contribution is 4.90. The molecule has 1 fully saturated rings. The van der Waals surface area contributed by atoms with Crippen LogP contribution in [0, 0.1) is 5.92 Å². The zero-order valence-electron chi connectivity index (χ0n) is 5.93. The van der Waals surface area contributed by atoms with Crippen molar-refractivity contribution in [2.24, 2.45) is 5.92 Å². The summed E-state index contributed by atoms with van der Waals surface area (Å²) >= 11 is 0. The van der Waals surface area contributed by atoms with Gasteiger partial charge >= 0.3 is 0 Å². The molecule has 54 valence electrons. The van der Waals surface area contributed by atoms with E-state index in [1.807, 2.05) is 0 Å². The molecule has 2 nitrogen and oxygen atoms in total. The summed E-state index contributed by atoms with van der Waals surface area (Å²) < 4.78 is 0. The molecule has 1 saturated carbocycles. The molecule has 1 aliphatic carbocycles. The van der Waals surface area contributed by atoms with Crippen molar-refractivity contribution >= 4 is 0 Å². The van der Waals surface area contributed by atoms with Gasteiger partial charge in [-0.05, 0) is 18.8 Å². The average molecular weight is 129 g/mol. The quantitative estimate of drug-likeness (QED) is 0.564. The first-order chi connectivity index (χ1) is 4.38. The second kappa shape index (κ2) is 3.18. The average Bonchev–Trinajstić information content (AvgIpc) is 2.62. The zero-order valence-corrected chi connectivity index (χ0v) is 5.93. The maximum atomic E-state index is 8.43. The largest absolute Gasteiger partial charge is 0.317 e. The molecule has 1 rings (SSSR count). The van der Waals surface area contributed by atoms with Crippen LogP contribution in [0.5, 0.6) is 0 Å². The van der Waals surface area contributed by atoms with Crippen molar-refractivity contribution in [3.8, 4) is 0 Å². The fourth-order valence-electron chi connectivity index (χ4n) is 1.19. The minimum absolute atomic E-state index is 0.427. The summed E-state index contributed by atoms with van der Waals surface area (Å²) in [6.45, 7) is 2.20. The molecular weight excluding hydrogens is 114 g/mol. The van der Waals surface area contributed by atoms with E-state index >= 15 is 0 Å². The monoisotopic (exact) mass is 129 g/mol. The Hall–Kier alpha value is -0.0800. The first-order valence-corrected chi connectivity index (χ1v) is 3.78. The van der Waals surface area contributed by atoms with E-state index in [0.717, 1.165) is 5.92 Å². The summed E-state index contributed by atoms with van der Waals surface area (Å²) in [5.41, 5.74) is 2.30. The van der Waals surface area contributed by atoms with E-state index in [0.29, 0.717) is 6.04 Å². The van der Waals surface area contributed by atoms with E-state index in [1.54, 1.807) is 0 Å². The van der Waals surface area contributed by atoms with Crippen molar-refractivity contribution < 1.29 is 5.21 Å². The van der Waals surface area contributed by atoms with Crippen LogP contribution in [0.4, 0.5) is 0 Å². The van der Waals surface area contributed by atoms with Gasteiger partial charge in [0.1, 0.15) is 0 Å². The van der Waals surface area contributed by atoms with Gasteiger partial charge in [0, 0.05) is 6.04 Å². The summed E-state index contributed by atoms with van der Waals surface area (Å²) in [5, 5.41) is 8.43. The van der Waals surface area contributed by atoms with Crippen LogP contribution in [0.3, 0.4) is 0 Å². The van der Waals surface area contributed by atoms with Crippen molar-refractivity contribution in [3.05, 3.63) is 0 Å². The summed E-state index contributed by atoms with van der Waals surface area (Å²) in [4.78, 5) is 0. The first-order valence-electron chi connectivity index (χ1n) is 3.78. The van der Waals surface area contributed by atoms with Gasteiger partial charge in [0.15, 0.2) is 0 Å². The van der Waals surface area contributed by atoms with Gasteiger partial charge in [-0.25, -0.2) is 5.48 Å². The van der Waals surface area contributed by atoms with Crippen LogP contribution in [0.1, 0.15) is 32.6 Å². The van der Waals surface area contributed by atoms with Gasteiger partial charge in [-0.1, -0.05) is 19.8 Å². The molecule has 1 aliphatic rings. The predicted molar refractivity (Wildman–Crippen MR) is 36.3 cm³/mol. The lowest BCUT2D eigenvalue weighted by atomic mass is 10.2. The lowest BCUT2D eigenvalue weighted by Crippen LogP contribution is -2.11. The SMILES string of the molecule is CCCC[C@H]1CC1NO. The molecule has 2 N–H and O–H groups in total. The van der Waals surface area contributed by atoms with Gasteiger partial charge in [-0.2, -0.15) is 0 Å². The third-order valence-corrected chi connectivity index (χ3v) is 2.02. The van der Waals surface area contributed by atoms with Gasteiger partial charge in [-0.3, -0.25) is 0 Å². The molecular formula is C7H15NO. The Morgan fingerprint density at radius 1 is 1.67 bits per heavy atom. The Bertz CT molecular complexity index is 85.0. The minimum Gasteiger partial charge on any atom is -0.317 e. The standard InChI is InChI=1S/C7H15NO/c1-2-3-4-6-5-7(6)8-9/h6-9H,2-5H2,1H3/t6-,7?/m0/s1. The van der Waals surface area contributed by atoms with E-state index in [1.165, 1.54) is 25.7 Å². The van der Waals surface area contributed by atoms with Crippen molar-refractivity contribution in [1.29, 1.82) is 0 Å². The third-order valence-electron chi connectivity index (χ3n) is 2.02. The Labute approximate surface area is 56.2 Å². The normalized spacial score (nSPS) is 32.7. The zero-order chi connectivity index (χ0) is 6.69. The number of hydrogen-bond donors (Lipinski definition) is 2. The summed E-state index contributed by atoms with van der Waals surface area (Å²) in [7, 11) is 0. The molecule has 1 unspecified atom stereocenters. The lowest BCUT2D eigenvalue weighted by Gasteiger charge is -1.94. The predicted octanol–water partition coefficient (Wildman–Crippen LogP) is 1.54. The van der Waals surface area contributed by atoms with Gasteiger partial charge in [-0.15, -0.1) is 0 Å². The van der Waals surface area contributed by atoms with E-state index < -0.39 is 0 Å². The van der Waals surface area contributed by atoms with Crippen molar-refractivity contribution in [2.45, 2.75) is 38.6 Å². The van der Waals surface area contributed by atoms with E-state index in [4.69, 9.17) is 5.21 Å². The number of hydroxylamine groups is 1. The van der Waals surface area contributed by atoms with Crippen LogP contribution in [0.25, 0.3) is 0 Å². The molecule has 0 aromatic carbocycles. The molecule has 0 aliphatic heterocycles. The molecule has 0 aromatic rings. The number of hydrogen-bond acceptors (Lipinski definition) is 2. The van der Waals surface area contributed by atoms with Crippen molar-refractivity contribution in [1.82, 2.24) is 5.48 Å². The topological polar surface area (TPSA) is 32.3 Å². The van der Waals surface area contributed by atoms with E-state index in [2.05, 4.69) is 12.4 Å². The Morgan fingerprint density at radius 2 is 2.44 bits per heavy atom. The summed E-state index contributed by atoms with van der Waals surface area (Å²) in [6.07, 6.45) is 5.04. The second-order valence-electron chi connectivity index (χ2n) is 2.87. The smallest absolute Gasteiger partial charge is 0.0351 e. The van der Waals surface area contributed by atoms with Crippen molar-refractivity contribution in [3.63, 3.8) is 0 Å². The van der Waals surface area contributed by atoms with Crippen LogP contribution >= 0.6 is 0 Å². The summed E-state index contributed by atoms with van der Waals surface area (Å²) in [6, 6.07) is 0.427. The first kappa shape index (κ1) is 7.03. The molecule has 0 bridgehead atoms. The van der Waals surface area contributed by atoms with Crippen LogP contribution in [0.15, 0.2) is 0 Å². The van der Waals surface area contributed by atoms with Crippen LogP contribution in [0.2, 0.25) is 0 Å².